The van der Waals surface area contributed by atoms with Crippen LogP contribution in [0.2, 0.25) is 10.0 Å². The largest absolute Gasteiger partial charge is 0.480 e. The normalized spacial score (nSPS) is 15.9. The van der Waals surface area contributed by atoms with Gasteiger partial charge in [0.05, 0.1) is 46.7 Å². The molecule has 12 rings (SSSR count). The number of nitrogens with one attached hydrogen (secondary N) is 5. The van der Waals surface area contributed by atoms with E-state index in [0.29, 0.717) is 37.0 Å². The molecule has 6 N–H and O–H groups in total. The Morgan fingerprint density at radius 3 is 1.55 bits per heavy atom. The van der Waals surface area contributed by atoms with E-state index in [0.717, 1.165) is 62.8 Å². The van der Waals surface area contributed by atoms with E-state index in [1.165, 1.54) is 100 Å². The molecule has 2 saturated heterocycles. The van der Waals surface area contributed by atoms with Crippen LogP contribution in [0.4, 0.5) is 28.9 Å². The molecule has 0 radical (unpaired) electrons. The van der Waals surface area contributed by atoms with E-state index in [9.17, 15) is 42.0 Å². The summed E-state index contributed by atoms with van der Waals surface area (Å²) in [5.41, 5.74) is 1.29. The summed E-state index contributed by atoms with van der Waals surface area (Å²) in [6.07, 6.45) is 16.3. The number of ether oxygens (including phenoxy) is 2. The lowest BCUT2D eigenvalue weighted by Crippen LogP contribution is -2.46. The van der Waals surface area contributed by atoms with Crippen LogP contribution in [-0.2, 0) is 22.7 Å². The first kappa shape index (κ1) is 62.8. The van der Waals surface area contributed by atoms with E-state index in [1.54, 1.807) is 29.2 Å². The smallest absolute Gasteiger partial charge is 0.387 e. The molecule has 25 nitrogen and oxygen atoms in total. The molecule has 6 aromatic heterocycles. The Hall–Kier alpha value is -9.26. The van der Waals surface area contributed by atoms with Gasteiger partial charge in [-0.2, -0.15) is 48.5 Å². The minimum Gasteiger partial charge on any atom is -0.480 e. The van der Waals surface area contributed by atoms with Crippen molar-refractivity contribution in [1.82, 2.24) is 69.6 Å². The number of carbonyl (C=O) groups is 4. The number of hydrogen-bond donors (Lipinski definition) is 6. The van der Waals surface area contributed by atoms with Crippen molar-refractivity contribution in [2.24, 2.45) is 10.8 Å². The topological polar surface area (TPSA) is 314 Å². The number of nitrogens with zero attached hydrogens (tertiary/aromatic N) is 13. The number of halogens is 6. The van der Waals surface area contributed by atoms with Crippen LogP contribution in [0.15, 0.2) is 97.8 Å². The van der Waals surface area contributed by atoms with Gasteiger partial charge in [-0.1, -0.05) is 23.2 Å². The van der Waals surface area contributed by atoms with Crippen LogP contribution in [0.5, 0.6) is 11.5 Å². The summed E-state index contributed by atoms with van der Waals surface area (Å²) in [5.74, 6) is -3.06. The summed E-state index contributed by atoms with van der Waals surface area (Å²) in [7, 11) is 0. The summed E-state index contributed by atoms with van der Waals surface area (Å²) in [5, 5.41) is 60.2. The maximum Gasteiger partial charge on any atom is 0.387 e. The van der Waals surface area contributed by atoms with Crippen molar-refractivity contribution in [2.75, 3.05) is 49.9 Å². The fourth-order valence-electron chi connectivity index (χ4n) is 10.1. The van der Waals surface area contributed by atoms with Gasteiger partial charge in [-0.15, -0.1) is 0 Å². The number of nitriles is 2. The predicted octanol–water partition coefficient (Wildman–Crippen LogP) is 7.80. The molecule has 2 aromatic carbocycles. The zero-order chi connectivity index (χ0) is 62.8. The summed E-state index contributed by atoms with van der Waals surface area (Å²) in [6, 6.07) is 20.3. The van der Waals surface area contributed by atoms with Crippen molar-refractivity contribution >= 4 is 69.6 Å². The lowest BCUT2D eigenvalue weighted by molar-refractivity contribution is -0.138. The predicted molar refractivity (Wildman–Crippen MR) is 314 cm³/mol. The van der Waals surface area contributed by atoms with E-state index in [-0.39, 0.29) is 96.1 Å². The molecule has 2 aliphatic heterocycles. The molecule has 464 valence electrons. The molecule has 0 bridgehead atoms. The minimum atomic E-state index is -3.13. The number of hydrogen-bond acceptors (Lipinski definition) is 17. The second-order valence-electron chi connectivity index (χ2n) is 21.6. The Labute approximate surface area is 514 Å². The molecule has 4 aliphatic rings. The summed E-state index contributed by atoms with van der Waals surface area (Å²) in [4.78, 5) is 60.6. The third kappa shape index (κ3) is 15.9. The van der Waals surface area contributed by atoms with E-state index < -0.39 is 37.6 Å². The van der Waals surface area contributed by atoms with Crippen LogP contribution in [0, 0.1) is 33.5 Å². The number of benzene rings is 2. The van der Waals surface area contributed by atoms with Crippen LogP contribution >= 0.6 is 23.2 Å². The van der Waals surface area contributed by atoms with Gasteiger partial charge in [0.15, 0.2) is 22.7 Å². The molecule has 0 atom stereocenters. The first-order valence-electron chi connectivity index (χ1n) is 28.2. The summed E-state index contributed by atoms with van der Waals surface area (Å²) >= 11 is 12.2. The van der Waals surface area contributed by atoms with Gasteiger partial charge in [-0.3, -0.25) is 28.5 Å². The molecule has 2 aliphatic carbocycles. The Morgan fingerprint density at radius 1 is 0.674 bits per heavy atom. The zero-order valence-electron chi connectivity index (χ0n) is 47.3. The Kier molecular flexibility index (Phi) is 19.6. The second-order valence-corrected chi connectivity index (χ2v) is 22.5. The van der Waals surface area contributed by atoms with E-state index >= 15 is 0 Å². The van der Waals surface area contributed by atoms with Gasteiger partial charge in [0, 0.05) is 84.2 Å². The van der Waals surface area contributed by atoms with E-state index in [1.807, 2.05) is 0 Å². The number of alkyl halides is 4. The van der Waals surface area contributed by atoms with Gasteiger partial charge in [0.25, 0.3) is 11.8 Å². The third-order valence-corrected chi connectivity index (χ3v) is 15.8. The highest BCUT2D eigenvalue weighted by molar-refractivity contribution is 6.31. The lowest BCUT2D eigenvalue weighted by Gasteiger charge is -2.33. The van der Waals surface area contributed by atoms with E-state index in [2.05, 4.69) is 73.8 Å². The molecule has 8 aromatic rings. The highest BCUT2D eigenvalue weighted by Gasteiger charge is 2.44. The first-order valence-corrected chi connectivity index (χ1v) is 29.0. The molecule has 89 heavy (non-hydrogen) atoms. The molecule has 0 unspecified atom stereocenters. The van der Waals surface area contributed by atoms with Gasteiger partial charge in [0.2, 0.25) is 5.91 Å². The number of fused-ring (bicyclic) bond motifs is 2. The molecule has 2 saturated carbocycles. The molecule has 31 heteroatoms. The number of rotatable bonds is 20. The van der Waals surface area contributed by atoms with Crippen molar-refractivity contribution in [3.05, 3.63) is 119 Å². The highest BCUT2D eigenvalue weighted by atomic mass is 35.5. The van der Waals surface area contributed by atoms with Crippen LogP contribution < -0.4 is 36.1 Å². The number of imidazole rings is 2. The van der Waals surface area contributed by atoms with Crippen LogP contribution in [0.3, 0.4) is 0 Å². The standard InChI is InChI=1S/C29H28ClF2N9O3.C19H13ClF2N6O4.C10H17N3/c30-18-3-4-23(44-28(31)32)20(12-18)26-21(37-27(43)22-13-34-24-2-1-9-36-41(22)24)14-40(38-26)15-25(42)39-10-5-19(6-11-39)35-17-29(16-33)7-8-29;20-10-3-4-14(32-19(21)22)11(6-10)17-12(8-27(26-17)9-16(29)30)25-18(31)13-7-23-15-2-1-5-24-28(13)15;11-7-10(3-4-10)8-13-9-1-5-12-6-2-9/h1-4,9,12-14,19,28,35H,5-8,10-11,15,17H2,(H,37,43);1-8,19H,9H2,(H,25,31)(H,29,30);9,12-13H,1-6,8H2. The average Bonchev–Trinajstić information content (AvgIpc) is 2.55. The fourth-order valence-corrected chi connectivity index (χ4v) is 10.4. The number of aromatic nitrogens is 10. The number of carboxylic acid groups (broad SMARTS) is 1. The number of carbonyl (C=O) groups excluding carboxylic acids is 3. The van der Waals surface area contributed by atoms with Crippen molar-refractivity contribution < 1.29 is 51.3 Å². The molecular formula is C58H58Cl2F4N18O7. The number of piperidine rings is 2. The number of carboxylic acids is 1. The number of amides is 3. The van der Waals surface area contributed by atoms with Crippen molar-refractivity contribution in [2.45, 2.75) is 89.8 Å². The first-order chi connectivity index (χ1) is 42.9. The van der Waals surface area contributed by atoms with E-state index in [4.69, 9.17) is 38.3 Å². The molecular weight excluding hydrogens is 1210 g/mol. The molecule has 4 fully saturated rings. The highest BCUT2D eigenvalue weighted by Crippen LogP contribution is 2.45. The quantitative estimate of drug-likeness (QED) is 0.0396. The maximum atomic E-state index is 13.3. The van der Waals surface area contributed by atoms with Crippen LogP contribution in [0.1, 0.15) is 72.3 Å². The Balaban J connectivity index is 0.000000168. The Bertz CT molecular complexity index is 3950. The zero-order valence-corrected chi connectivity index (χ0v) is 48.9. The van der Waals surface area contributed by atoms with Gasteiger partial charge in [0.1, 0.15) is 36.0 Å². The lowest BCUT2D eigenvalue weighted by atomic mass is 10.0. The number of aliphatic carboxylic acids is 1. The van der Waals surface area contributed by atoms with Crippen molar-refractivity contribution in [3.63, 3.8) is 0 Å². The molecule has 3 amide bonds. The van der Waals surface area contributed by atoms with Crippen molar-refractivity contribution in [3.8, 4) is 46.2 Å². The van der Waals surface area contributed by atoms with Gasteiger partial charge < -0.3 is 46.1 Å². The number of likely N-dealkylation sites (tertiary alicyclic amines) is 1. The average molecular weight is 1270 g/mol. The van der Waals surface area contributed by atoms with Crippen molar-refractivity contribution in [1.29, 1.82) is 10.5 Å². The number of anilines is 2. The maximum absolute atomic E-state index is 13.3. The fraction of sp³-hybridized carbons (Fsp3) is 0.379. The minimum absolute atomic E-state index is 0.0143. The molecule has 0 spiro atoms. The third-order valence-electron chi connectivity index (χ3n) is 15.3. The summed E-state index contributed by atoms with van der Waals surface area (Å²) in [6.45, 7) is -2.04. The monoisotopic (exact) mass is 1260 g/mol. The second kappa shape index (κ2) is 27.8. The van der Waals surface area contributed by atoms with Crippen LogP contribution in [0.25, 0.3) is 33.8 Å². The van der Waals surface area contributed by atoms with Crippen LogP contribution in [-0.4, -0.2) is 147 Å². The Morgan fingerprint density at radius 2 is 1.12 bits per heavy atom. The van der Waals surface area contributed by atoms with Gasteiger partial charge in [-0.25, -0.2) is 19.0 Å². The SMILES string of the molecule is N#CC1(CNC2CCN(C(=O)Cn3cc(NC(=O)c4cnc5cccnn45)c(-c4cc(Cl)ccc4OC(F)F)n3)CC2)CC1.N#CC1(CNC2CCNCC2)CC1.O=C(O)Cn1cc(NC(=O)c2cnc3cccnn23)c(-c2cc(Cl)ccc2OC(F)F)n1. The van der Waals surface area contributed by atoms with Gasteiger partial charge in [-0.05, 0) is 125 Å². The molecule has 8 heterocycles. The summed E-state index contributed by atoms with van der Waals surface area (Å²) < 4.78 is 66.6. The van der Waals surface area contributed by atoms with Gasteiger partial charge >= 0.3 is 19.2 Å².